The van der Waals surface area contributed by atoms with Gasteiger partial charge in [0.15, 0.2) is 0 Å². The molecule has 1 saturated carbocycles. The van der Waals surface area contributed by atoms with Gasteiger partial charge in [-0.25, -0.2) is 4.98 Å². The highest BCUT2D eigenvalue weighted by Crippen LogP contribution is 2.46. The summed E-state index contributed by atoms with van der Waals surface area (Å²) in [5.41, 5.74) is 2.97. The molecule has 4 nitrogen and oxygen atoms in total. The summed E-state index contributed by atoms with van der Waals surface area (Å²) in [7, 11) is 0. The number of pyridine rings is 1. The van der Waals surface area contributed by atoms with Gasteiger partial charge in [0.05, 0.1) is 5.41 Å². The van der Waals surface area contributed by atoms with Crippen molar-refractivity contribution in [3.63, 3.8) is 0 Å². The largest absolute Gasteiger partial charge is 0.346 e. The van der Waals surface area contributed by atoms with Crippen LogP contribution in [0.1, 0.15) is 42.7 Å². The molecule has 0 bridgehead atoms. The molecule has 1 aliphatic carbocycles. The number of H-pyrrole nitrogens is 1. The highest BCUT2D eigenvalue weighted by molar-refractivity contribution is 6.30. The Morgan fingerprint density at radius 1 is 1.22 bits per heavy atom. The van der Waals surface area contributed by atoms with Gasteiger partial charge >= 0.3 is 0 Å². The molecule has 138 valence electrons. The number of fused-ring (bicyclic) bond motifs is 1. The molecular weight excluding hydrogens is 358 g/mol. The second-order valence-electron chi connectivity index (χ2n) is 7.82. The average Bonchev–Trinajstić information content (AvgIpc) is 3.28. The summed E-state index contributed by atoms with van der Waals surface area (Å²) in [5.74, 6) is 0.658. The lowest BCUT2D eigenvalue weighted by atomic mass is 9.63. The predicted molar refractivity (Wildman–Crippen MR) is 107 cm³/mol. The Labute approximate surface area is 163 Å². The average molecular weight is 380 g/mol. The second kappa shape index (κ2) is 6.38. The van der Waals surface area contributed by atoms with Crippen molar-refractivity contribution in [2.75, 3.05) is 13.1 Å². The maximum atomic E-state index is 13.5. The van der Waals surface area contributed by atoms with Crippen molar-refractivity contribution in [2.45, 2.75) is 37.0 Å². The minimum Gasteiger partial charge on any atom is -0.346 e. The number of hydrogen-bond acceptors (Lipinski definition) is 2. The van der Waals surface area contributed by atoms with Gasteiger partial charge in [-0.1, -0.05) is 30.2 Å². The number of amides is 1. The van der Waals surface area contributed by atoms with Crippen LogP contribution < -0.4 is 0 Å². The van der Waals surface area contributed by atoms with Crippen LogP contribution in [0, 0.1) is 0 Å². The van der Waals surface area contributed by atoms with Gasteiger partial charge in [0.1, 0.15) is 5.65 Å². The topological polar surface area (TPSA) is 49.0 Å². The van der Waals surface area contributed by atoms with E-state index in [-0.39, 0.29) is 11.3 Å². The number of nitrogens with one attached hydrogen (secondary N) is 1. The molecule has 2 aromatic heterocycles. The molecule has 5 heteroatoms. The molecule has 1 saturated heterocycles. The fourth-order valence-electron chi connectivity index (χ4n) is 4.74. The SMILES string of the molecule is O=C(N1CCC(c2c[nH]c3ncccc23)C1)C1(c2ccc(Cl)cc2)CCC1. The van der Waals surface area contributed by atoms with E-state index in [0.29, 0.717) is 5.92 Å². The first-order valence-corrected chi connectivity index (χ1v) is 10.0. The van der Waals surface area contributed by atoms with Gasteiger partial charge in [-0.2, -0.15) is 0 Å². The molecule has 2 fully saturated rings. The van der Waals surface area contributed by atoms with Crippen LogP contribution in [-0.2, 0) is 10.2 Å². The van der Waals surface area contributed by atoms with Gasteiger partial charge in [0.25, 0.3) is 0 Å². The zero-order chi connectivity index (χ0) is 18.4. The van der Waals surface area contributed by atoms with Crippen molar-refractivity contribution in [1.29, 1.82) is 0 Å². The van der Waals surface area contributed by atoms with Crippen molar-refractivity contribution < 1.29 is 4.79 Å². The first-order valence-electron chi connectivity index (χ1n) is 9.65. The van der Waals surface area contributed by atoms with Crippen LogP contribution in [0.3, 0.4) is 0 Å². The number of likely N-dealkylation sites (tertiary alicyclic amines) is 1. The van der Waals surface area contributed by atoms with Crippen LogP contribution in [0.4, 0.5) is 0 Å². The number of halogens is 1. The molecule has 27 heavy (non-hydrogen) atoms. The van der Waals surface area contributed by atoms with Crippen LogP contribution >= 0.6 is 11.6 Å². The van der Waals surface area contributed by atoms with Crippen molar-refractivity contribution in [3.05, 3.63) is 64.9 Å². The lowest BCUT2D eigenvalue weighted by molar-refractivity contribution is -0.139. The van der Waals surface area contributed by atoms with Crippen molar-refractivity contribution in [2.24, 2.45) is 0 Å². The number of aromatic nitrogens is 2. The summed E-state index contributed by atoms with van der Waals surface area (Å²) in [6, 6.07) is 11.9. The van der Waals surface area contributed by atoms with Gasteiger partial charge in [0, 0.05) is 41.8 Å². The van der Waals surface area contributed by atoms with Gasteiger partial charge in [-0.15, -0.1) is 0 Å². The molecular formula is C22H22ClN3O. The fourth-order valence-corrected chi connectivity index (χ4v) is 4.87. The molecule has 1 atom stereocenters. The van der Waals surface area contributed by atoms with Gasteiger partial charge in [-0.3, -0.25) is 4.79 Å². The Morgan fingerprint density at radius 2 is 2.04 bits per heavy atom. The Morgan fingerprint density at radius 3 is 2.78 bits per heavy atom. The summed E-state index contributed by atoms with van der Waals surface area (Å²) < 4.78 is 0. The number of nitrogens with zero attached hydrogens (tertiary/aromatic N) is 2. The molecule has 1 amide bonds. The summed E-state index contributed by atoms with van der Waals surface area (Å²) >= 11 is 6.05. The zero-order valence-corrected chi connectivity index (χ0v) is 15.9. The molecule has 0 spiro atoms. The summed E-state index contributed by atoms with van der Waals surface area (Å²) in [4.78, 5) is 23.2. The third-order valence-electron chi connectivity index (χ3n) is 6.41. The molecule has 0 radical (unpaired) electrons. The number of hydrogen-bond donors (Lipinski definition) is 1. The van der Waals surface area contributed by atoms with Crippen molar-refractivity contribution in [3.8, 4) is 0 Å². The smallest absolute Gasteiger partial charge is 0.233 e. The van der Waals surface area contributed by atoms with Gasteiger partial charge in [0.2, 0.25) is 5.91 Å². The number of carbonyl (C=O) groups is 1. The Hall–Kier alpha value is -2.33. The van der Waals surface area contributed by atoms with E-state index in [4.69, 9.17) is 11.6 Å². The Balaban J connectivity index is 1.39. The standard InChI is InChI=1S/C22H22ClN3O/c23-17-6-4-16(5-7-17)22(9-2-10-22)21(27)26-12-8-15(14-26)19-13-25-20-18(19)3-1-11-24-20/h1,3-7,11,13,15H,2,8-10,12,14H2,(H,24,25). The molecule has 1 aromatic carbocycles. The predicted octanol–water partition coefficient (Wildman–Crippen LogP) is 4.65. The van der Waals surface area contributed by atoms with E-state index >= 15 is 0 Å². The fraction of sp³-hybridized carbons (Fsp3) is 0.364. The number of rotatable bonds is 3. The van der Waals surface area contributed by atoms with Crippen LogP contribution in [0.2, 0.25) is 5.02 Å². The molecule has 1 N–H and O–H groups in total. The molecule has 1 unspecified atom stereocenters. The summed E-state index contributed by atoms with van der Waals surface area (Å²) in [6.45, 7) is 1.61. The van der Waals surface area contributed by atoms with E-state index in [1.54, 1.807) is 6.20 Å². The monoisotopic (exact) mass is 379 g/mol. The number of carbonyl (C=O) groups excluding carboxylic acids is 1. The number of aromatic amines is 1. The summed E-state index contributed by atoms with van der Waals surface area (Å²) in [6.07, 6.45) is 7.86. The Bertz CT molecular complexity index is 990. The Kier molecular flexibility index (Phi) is 3.97. The maximum Gasteiger partial charge on any atom is 0.233 e. The highest BCUT2D eigenvalue weighted by Gasteiger charge is 2.48. The quantitative estimate of drug-likeness (QED) is 0.719. The zero-order valence-electron chi connectivity index (χ0n) is 15.1. The molecule has 3 heterocycles. The van der Waals surface area contributed by atoms with E-state index in [9.17, 15) is 4.79 Å². The van der Waals surface area contributed by atoms with Gasteiger partial charge < -0.3 is 9.88 Å². The van der Waals surface area contributed by atoms with Crippen LogP contribution in [0.5, 0.6) is 0 Å². The third-order valence-corrected chi connectivity index (χ3v) is 6.66. The van der Waals surface area contributed by atoms with Crippen LogP contribution in [-0.4, -0.2) is 33.9 Å². The lowest BCUT2D eigenvalue weighted by Gasteiger charge is -2.43. The molecule has 3 aromatic rings. The van der Waals surface area contributed by atoms with Crippen molar-refractivity contribution in [1.82, 2.24) is 14.9 Å². The van der Waals surface area contributed by atoms with Crippen molar-refractivity contribution >= 4 is 28.5 Å². The van der Waals surface area contributed by atoms with E-state index in [1.807, 2.05) is 30.3 Å². The normalized spacial score (nSPS) is 21.4. The molecule has 5 rings (SSSR count). The molecule has 2 aliphatic rings. The minimum atomic E-state index is -0.346. The van der Waals surface area contributed by atoms with Crippen LogP contribution in [0.15, 0.2) is 48.8 Å². The van der Waals surface area contributed by atoms with E-state index in [0.717, 1.165) is 55.0 Å². The first kappa shape index (κ1) is 16.8. The molecule has 1 aliphatic heterocycles. The second-order valence-corrected chi connectivity index (χ2v) is 8.26. The highest BCUT2D eigenvalue weighted by atomic mass is 35.5. The summed E-state index contributed by atoms with van der Waals surface area (Å²) in [5, 5.41) is 1.89. The minimum absolute atomic E-state index is 0.288. The van der Waals surface area contributed by atoms with Gasteiger partial charge in [-0.05, 0) is 54.7 Å². The lowest BCUT2D eigenvalue weighted by Crippen LogP contribution is -2.50. The van der Waals surface area contributed by atoms with E-state index < -0.39 is 0 Å². The first-order chi connectivity index (χ1) is 13.2. The third kappa shape index (κ3) is 2.66. The van der Waals surface area contributed by atoms with Crippen LogP contribution in [0.25, 0.3) is 11.0 Å². The van der Waals surface area contributed by atoms with E-state index in [1.165, 1.54) is 10.9 Å². The number of benzene rings is 1. The van der Waals surface area contributed by atoms with E-state index in [2.05, 4.69) is 27.1 Å². The maximum absolute atomic E-state index is 13.5.